The van der Waals surface area contributed by atoms with Crippen molar-refractivity contribution in [2.24, 2.45) is 5.41 Å². The van der Waals surface area contributed by atoms with Crippen molar-refractivity contribution in [2.75, 3.05) is 0 Å². The molecule has 0 amide bonds. The molecule has 3 heteroatoms. The van der Waals surface area contributed by atoms with Gasteiger partial charge in [-0.1, -0.05) is 169 Å². The van der Waals surface area contributed by atoms with Crippen molar-refractivity contribution in [1.82, 2.24) is 15.0 Å². The summed E-state index contributed by atoms with van der Waals surface area (Å²) in [5.74, 6) is 0. The van der Waals surface area contributed by atoms with Crippen molar-refractivity contribution < 1.29 is 13.7 Å². The van der Waals surface area contributed by atoms with Crippen molar-refractivity contribution in [1.29, 1.82) is 0 Å². The normalized spacial score (nSPS) is 15.1. The molecule has 0 unspecified atom stereocenters. The highest BCUT2D eigenvalue weighted by molar-refractivity contribution is 5.76. The van der Waals surface area contributed by atoms with Crippen LogP contribution in [0.3, 0.4) is 0 Å². The molecule has 0 saturated carbocycles. The molecule has 346 valence electrons. The zero-order valence-electron chi connectivity index (χ0n) is 51.4. The van der Waals surface area contributed by atoms with Crippen LogP contribution in [-0.2, 0) is 42.8 Å². The summed E-state index contributed by atoms with van der Waals surface area (Å²) in [5, 5.41) is 0. The van der Waals surface area contributed by atoms with E-state index in [9.17, 15) is 5.48 Å². The Morgan fingerprint density at radius 2 is 0.971 bits per heavy atom. The molecule has 0 bridgehead atoms. The van der Waals surface area contributed by atoms with Crippen LogP contribution in [0.4, 0.5) is 0 Å². The van der Waals surface area contributed by atoms with E-state index in [0.29, 0.717) is 41.6 Å². The van der Waals surface area contributed by atoms with E-state index in [0.717, 1.165) is 55.9 Å². The molecule has 8 rings (SSSR count). The Morgan fingerprint density at radius 3 is 1.46 bits per heavy atom. The van der Waals surface area contributed by atoms with Gasteiger partial charge in [-0.15, -0.1) is 0 Å². The summed E-state index contributed by atoms with van der Waals surface area (Å²) in [5.41, 5.74) is 10.9. The smallest absolute Gasteiger partial charge is 0.0708 e. The summed E-state index contributed by atoms with van der Waals surface area (Å²) in [6.45, 7) is 15.8. The summed E-state index contributed by atoms with van der Waals surface area (Å²) >= 11 is 0. The standard InChI is InChI=1S/C65H71N3/c1-43-23-26-51(27-24-43)62-36-57(55-31-25-48(35-44(55)2)37-63(6,7)8)52(40-66-62)28-32-56-45(3)58(38-64(9,10)53-29-33-60(67-41-53)49-19-15-13-16-20-49)47(5)59(46(56)4)39-65(11,12)54-30-34-61(68-42-54)50-21-17-14-18-22-50/h13-27,29-31,33-36,40-42H,28,32,37-39H2,1-12H3/i1D3,2D3,28D2,32D2. The first kappa shape index (κ1) is 36.6. The molecule has 0 spiro atoms. The van der Waals surface area contributed by atoms with Crippen molar-refractivity contribution in [3.63, 3.8) is 0 Å². The van der Waals surface area contributed by atoms with Crippen molar-refractivity contribution in [3.8, 4) is 44.9 Å². The average Bonchev–Trinajstić information content (AvgIpc) is 3.41. The van der Waals surface area contributed by atoms with Gasteiger partial charge in [0.05, 0.1) is 17.1 Å². The molecular formula is C65H71N3. The number of aryl methyl sites for hydroxylation is 3. The van der Waals surface area contributed by atoms with Crippen molar-refractivity contribution in [3.05, 3.63) is 219 Å². The van der Waals surface area contributed by atoms with Gasteiger partial charge in [0.25, 0.3) is 0 Å². The molecule has 0 saturated heterocycles. The average molecular weight is 904 g/mol. The van der Waals surface area contributed by atoms with Crippen LogP contribution < -0.4 is 0 Å². The monoisotopic (exact) mass is 904 g/mol. The molecule has 68 heavy (non-hydrogen) atoms. The van der Waals surface area contributed by atoms with Gasteiger partial charge in [-0.2, -0.15) is 0 Å². The minimum atomic E-state index is -2.84. The van der Waals surface area contributed by atoms with Gasteiger partial charge >= 0.3 is 0 Å². The van der Waals surface area contributed by atoms with E-state index < -0.39 is 37.3 Å². The van der Waals surface area contributed by atoms with Gasteiger partial charge in [-0.05, 0) is 173 Å². The lowest BCUT2D eigenvalue weighted by atomic mass is 9.72. The topological polar surface area (TPSA) is 38.7 Å². The molecule has 0 aliphatic carbocycles. The molecule has 3 nitrogen and oxygen atoms in total. The van der Waals surface area contributed by atoms with Crippen LogP contribution in [0, 0.1) is 39.9 Å². The minimum absolute atomic E-state index is 0.00563. The predicted molar refractivity (Wildman–Crippen MR) is 289 cm³/mol. The summed E-state index contributed by atoms with van der Waals surface area (Å²) in [7, 11) is 0. The number of hydrogen-bond acceptors (Lipinski definition) is 3. The molecule has 0 atom stereocenters. The van der Waals surface area contributed by atoms with Crippen LogP contribution >= 0.6 is 0 Å². The highest BCUT2D eigenvalue weighted by atomic mass is 14.7. The third-order valence-corrected chi connectivity index (χ3v) is 13.5. The van der Waals surface area contributed by atoms with E-state index in [4.69, 9.17) is 23.2 Å². The Hall–Kier alpha value is -6.45. The fraction of sp³-hybridized carbons (Fsp3) is 0.308. The predicted octanol–water partition coefficient (Wildman–Crippen LogP) is 16.5. The molecule has 0 aliphatic rings. The number of aromatic nitrogens is 3. The SMILES string of the molecule is [2H]C([2H])([2H])c1ccc(-c2cc(-c3ccc(CC(C)(C)C)cc3C([2H])([2H])[2H])c(C([2H])([2H])C([2H])([2H])c3c(C)c(CC(C)(C)c4ccc(-c5ccccc5)nc4)c(C)c(CC(C)(C)c4ccc(-c5ccccc5)nc4)c3C)cn2)cc1. The maximum atomic E-state index is 10.4. The maximum Gasteiger partial charge on any atom is 0.0708 e. The Balaban J connectivity index is 1.32. The molecule has 0 fully saturated rings. The fourth-order valence-corrected chi connectivity index (χ4v) is 9.54. The lowest BCUT2D eigenvalue weighted by molar-refractivity contribution is 0.411. The van der Waals surface area contributed by atoms with Gasteiger partial charge in [-0.25, -0.2) is 0 Å². The molecule has 5 aromatic carbocycles. The van der Waals surface area contributed by atoms with Crippen LogP contribution in [0.5, 0.6) is 0 Å². The van der Waals surface area contributed by atoms with Gasteiger partial charge in [0, 0.05) is 49.0 Å². The molecule has 8 aromatic rings. The van der Waals surface area contributed by atoms with E-state index in [2.05, 4.69) is 67.5 Å². The van der Waals surface area contributed by atoms with Gasteiger partial charge in [-0.3, -0.25) is 15.0 Å². The Bertz CT molecular complexity index is 3300. The van der Waals surface area contributed by atoms with E-state index >= 15 is 0 Å². The van der Waals surface area contributed by atoms with Crippen LogP contribution in [0.1, 0.15) is 129 Å². The Labute approximate surface area is 422 Å². The second kappa shape index (κ2) is 19.6. The first-order valence-electron chi connectivity index (χ1n) is 28.7. The lowest BCUT2D eigenvalue weighted by Crippen LogP contribution is -2.26. The zero-order valence-corrected chi connectivity index (χ0v) is 41.4. The maximum absolute atomic E-state index is 10.4. The van der Waals surface area contributed by atoms with E-state index in [1.54, 1.807) is 30.3 Å². The van der Waals surface area contributed by atoms with Crippen molar-refractivity contribution in [2.45, 2.75) is 126 Å². The van der Waals surface area contributed by atoms with Crippen molar-refractivity contribution >= 4 is 0 Å². The first-order chi connectivity index (χ1) is 36.3. The Kier molecular flexibility index (Phi) is 10.6. The quantitative estimate of drug-likeness (QED) is 0.109. The third-order valence-electron chi connectivity index (χ3n) is 13.5. The molecule has 0 N–H and O–H groups in total. The molecule has 3 aromatic heterocycles. The van der Waals surface area contributed by atoms with Gasteiger partial charge < -0.3 is 0 Å². The van der Waals surface area contributed by atoms with Crippen LogP contribution in [0.25, 0.3) is 44.9 Å². The highest BCUT2D eigenvalue weighted by Gasteiger charge is 2.30. The number of nitrogens with zero attached hydrogens (tertiary/aromatic N) is 3. The van der Waals surface area contributed by atoms with Gasteiger partial charge in [0.15, 0.2) is 0 Å². The number of hydrogen-bond donors (Lipinski definition) is 0. The summed E-state index contributed by atoms with van der Waals surface area (Å²) in [6.07, 6.45) is 1.11. The summed E-state index contributed by atoms with van der Waals surface area (Å²) in [4.78, 5) is 14.6. The van der Waals surface area contributed by atoms with Crippen LogP contribution in [0.2, 0.25) is 0 Å². The molecule has 3 heterocycles. The van der Waals surface area contributed by atoms with Crippen LogP contribution in [-0.4, -0.2) is 15.0 Å². The molecule has 0 aliphatic heterocycles. The van der Waals surface area contributed by atoms with E-state index in [-0.39, 0.29) is 38.8 Å². The Morgan fingerprint density at radius 1 is 0.456 bits per heavy atom. The summed E-state index contributed by atoms with van der Waals surface area (Å²) in [6, 6.07) is 41.4. The lowest BCUT2D eigenvalue weighted by Gasteiger charge is -2.33. The zero-order chi connectivity index (χ0) is 57.0. The van der Waals surface area contributed by atoms with Crippen LogP contribution in [0.15, 0.2) is 152 Å². The summed E-state index contributed by atoms with van der Waals surface area (Å²) < 4.78 is 91.8. The second-order valence-corrected chi connectivity index (χ2v) is 21.0. The first-order valence-corrected chi connectivity index (χ1v) is 23.7. The molecule has 0 radical (unpaired) electrons. The third kappa shape index (κ3) is 10.8. The number of pyridine rings is 3. The van der Waals surface area contributed by atoms with Gasteiger partial charge in [0.1, 0.15) is 0 Å². The highest BCUT2D eigenvalue weighted by Crippen LogP contribution is 2.40. The van der Waals surface area contributed by atoms with Gasteiger partial charge in [0.2, 0.25) is 0 Å². The van der Waals surface area contributed by atoms with E-state index in [1.807, 2.05) is 105 Å². The van der Waals surface area contributed by atoms with E-state index in [1.165, 1.54) is 18.3 Å². The fourth-order valence-electron chi connectivity index (χ4n) is 9.54. The minimum Gasteiger partial charge on any atom is -0.256 e. The molecular weight excluding hydrogens is 823 g/mol. The largest absolute Gasteiger partial charge is 0.256 e. The number of rotatable bonds is 14. The second-order valence-electron chi connectivity index (χ2n) is 21.0. The number of benzene rings is 5.